The lowest BCUT2D eigenvalue weighted by Crippen LogP contribution is -2.24. The number of ether oxygens (including phenoxy) is 1. The van der Waals surface area contributed by atoms with Gasteiger partial charge in [0, 0.05) is 18.5 Å². The summed E-state index contributed by atoms with van der Waals surface area (Å²) in [5.74, 6) is 0.325. The first-order valence-electron chi connectivity index (χ1n) is 4.95. The summed E-state index contributed by atoms with van der Waals surface area (Å²) in [6.45, 7) is 1.74. The van der Waals surface area contributed by atoms with Crippen molar-refractivity contribution in [2.45, 2.75) is 19.4 Å². The summed E-state index contributed by atoms with van der Waals surface area (Å²) in [6.07, 6.45) is 0.205. The lowest BCUT2D eigenvalue weighted by Gasteiger charge is -2.10. The third kappa shape index (κ3) is 3.43. The molecule has 0 aliphatic rings. The van der Waals surface area contributed by atoms with Gasteiger partial charge in [-0.2, -0.15) is 0 Å². The van der Waals surface area contributed by atoms with E-state index in [4.69, 9.17) is 10.5 Å². The average Bonchev–Trinajstić information content (AvgIpc) is 2.20. The van der Waals surface area contributed by atoms with Gasteiger partial charge >= 0.3 is 0 Å². The number of nitrogens with two attached hydrogens (primary N) is 1. The number of anilines is 1. The number of hydrogen-bond donors (Lipinski definition) is 3. The summed E-state index contributed by atoms with van der Waals surface area (Å²) in [5.41, 5.74) is 5.82. The monoisotopic (exact) mass is 224 g/mol. The van der Waals surface area contributed by atoms with E-state index in [-0.39, 0.29) is 24.1 Å². The molecule has 1 aromatic carbocycles. The number of carbonyl (C=O) groups excluding carboxylic acids is 1. The molecule has 16 heavy (non-hydrogen) atoms. The number of hydrogen-bond acceptors (Lipinski definition) is 4. The van der Waals surface area contributed by atoms with Crippen LogP contribution in [0.15, 0.2) is 18.2 Å². The maximum atomic E-state index is 11.4. The summed E-state index contributed by atoms with van der Waals surface area (Å²) in [7, 11) is 1.51. The van der Waals surface area contributed by atoms with Crippen LogP contribution in [-0.2, 0) is 4.79 Å². The number of carbonyl (C=O) groups is 1. The number of phenolic OH excluding ortho intramolecular Hbond substituents is 1. The number of rotatable bonds is 4. The average molecular weight is 224 g/mol. The summed E-state index contributed by atoms with van der Waals surface area (Å²) in [5, 5.41) is 12.1. The molecule has 88 valence electrons. The van der Waals surface area contributed by atoms with Gasteiger partial charge in [-0.05, 0) is 19.1 Å². The van der Waals surface area contributed by atoms with Gasteiger partial charge in [-0.3, -0.25) is 4.79 Å². The molecular weight excluding hydrogens is 208 g/mol. The van der Waals surface area contributed by atoms with E-state index < -0.39 is 0 Å². The standard InChI is InChI=1S/C11H16N2O3/c1-7(12)5-11(15)13-9-6-8(16-2)3-4-10(9)14/h3-4,6-7,14H,5,12H2,1-2H3,(H,13,15). The molecule has 0 radical (unpaired) electrons. The number of amides is 1. The molecule has 1 rings (SSSR count). The fraction of sp³-hybridized carbons (Fsp3) is 0.364. The maximum absolute atomic E-state index is 11.4. The second kappa shape index (κ2) is 5.37. The minimum absolute atomic E-state index is 0.00109. The van der Waals surface area contributed by atoms with Crippen LogP contribution >= 0.6 is 0 Å². The first kappa shape index (κ1) is 12.3. The fourth-order valence-electron chi connectivity index (χ4n) is 1.24. The van der Waals surface area contributed by atoms with E-state index >= 15 is 0 Å². The highest BCUT2D eigenvalue weighted by Gasteiger charge is 2.09. The molecule has 0 fully saturated rings. The third-order valence-corrected chi connectivity index (χ3v) is 1.99. The van der Waals surface area contributed by atoms with Crippen LogP contribution in [-0.4, -0.2) is 24.2 Å². The molecule has 1 atom stereocenters. The van der Waals surface area contributed by atoms with Crippen molar-refractivity contribution in [3.05, 3.63) is 18.2 Å². The number of aromatic hydroxyl groups is 1. The molecule has 0 aliphatic carbocycles. The van der Waals surface area contributed by atoms with Crippen molar-refractivity contribution in [2.75, 3.05) is 12.4 Å². The molecule has 0 aliphatic heterocycles. The van der Waals surface area contributed by atoms with Gasteiger partial charge in [0.05, 0.1) is 12.8 Å². The predicted octanol–water partition coefficient (Wildman–Crippen LogP) is 1.08. The molecule has 0 aromatic heterocycles. The number of benzene rings is 1. The van der Waals surface area contributed by atoms with Crippen LogP contribution in [0.1, 0.15) is 13.3 Å². The summed E-state index contributed by atoms with van der Waals surface area (Å²) in [4.78, 5) is 11.4. The first-order valence-corrected chi connectivity index (χ1v) is 4.95. The zero-order valence-corrected chi connectivity index (χ0v) is 9.36. The van der Waals surface area contributed by atoms with Gasteiger partial charge in [0.2, 0.25) is 5.91 Å². The Hall–Kier alpha value is -1.75. The molecular formula is C11H16N2O3. The van der Waals surface area contributed by atoms with Crippen LogP contribution in [0.4, 0.5) is 5.69 Å². The topological polar surface area (TPSA) is 84.6 Å². The lowest BCUT2D eigenvalue weighted by atomic mass is 10.2. The van der Waals surface area contributed by atoms with Crippen molar-refractivity contribution in [3.63, 3.8) is 0 Å². The van der Waals surface area contributed by atoms with Crippen molar-refractivity contribution >= 4 is 11.6 Å². The van der Waals surface area contributed by atoms with Gasteiger partial charge in [-0.25, -0.2) is 0 Å². The molecule has 5 nitrogen and oxygen atoms in total. The van der Waals surface area contributed by atoms with Crippen molar-refractivity contribution in [2.24, 2.45) is 5.73 Å². The molecule has 4 N–H and O–H groups in total. The molecule has 1 unspecified atom stereocenters. The van der Waals surface area contributed by atoms with Crippen LogP contribution in [0.25, 0.3) is 0 Å². The Morgan fingerprint density at radius 2 is 2.31 bits per heavy atom. The quantitative estimate of drug-likeness (QED) is 0.668. The number of methoxy groups -OCH3 is 1. The van der Waals surface area contributed by atoms with E-state index in [1.807, 2.05) is 0 Å². The molecule has 1 aromatic rings. The molecule has 5 heteroatoms. The van der Waals surface area contributed by atoms with Crippen LogP contribution in [0.5, 0.6) is 11.5 Å². The molecule has 0 spiro atoms. The second-order valence-corrected chi connectivity index (χ2v) is 3.61. The van der Waals surface area contributed by atoms with E-state index in [0.717, 1.165) is 0 Å². The Morgan fingerprint density at radius 1 is 1.62 bits per heavy atom. The smallest absolute Gasteiger partial charge is 0.226 e. The van der Waals surface area contributed by atoms with Gasteiger partial charge < -0.3 is 20.9 Å². The summed E-state index contributed by atoms with van der Waals surface area (Å²) >= 11 is 0. The van der Waals surface area contributed by atoms with E-state index in [0.29, 0.717) is 11.4 Å². The Balaban J connectivity index is 2.75. The van der Waals surface area contributed by atoms with Gasteiger partial charge in [0.15, 0.2) is 0 Å². The molecule has 0 saturated carbocycles. The van der Waals surface area contributed by atoms with E-state index in [1.165, 1.54) is 13.2 Å². The van der Waals surface area contributed by atoms with Crippen LogP contribution in [0.3, 0.4) is 0 Å². The summed E-state index contributed by atoms with van der Waals surface area (Å²) < 4.78 is 4.99. The van der Waals surface area contributed by atoms with Crippen LogP contribution in [0.2, 0.25) is 0 Å². The summed E-state index contributed by atoms with van der Waals surface area (Å²) in [6, 6.07) is 4.40. The lowest BCUT2D eigenvalue weighted by molar-refractivity contribution is -0.116. The van der Waals surface area contributed by atoms with Gasteiger partial charge in [-0.15, -0.1) is 0 Å². The van der Waals surface area contributed by atoms with E-state index in [1.54, 1.807) is 19.1 Å². The fourth-order valence-corrected chi connectivity index (χ4v) is 1.24. The molecule has 0 bridgehead atoms. The predicted molar refractivity (Wildman–Crippen MR) is 61.6 cm³/mol. The van der Waals surface area contributed by atoms with Gasteiger partial charge in [0.1, 0.15) is 11.5 Å². The highest BCUT2D eigenvalue weighted by molar-refractivity contribution is 5.92. The second-order valence-electron chi connectivity index (χ2n) is 3.61. The normalized spacial score (nSPS) is 11.9. The SMILES string of the molecule is COc1ccc(O)c(NC(=O)CC(C)N)c1. The maximum Gasteiger partial charge on any atom is 0.226 e. The largest absolute Gasteiger partial charge is 0.506 e. The van der Waals surface area contributed by atoms with Crippen LogP contribution < -0.4 is 15.8 Å². The number of phenols is 1. The molecule has 0 heterocycles. The zero-order valence-electron chi connectivity index (χ0n) is 9.36. The van der Waals surface area contributed by atoms with Gasteiger partial charge in [0.25, 0.3) is 0 Å². The van der Waals surface area contributed by atoms with Crippen molar-refractivity contribution < 1.29 is 14.6 Å². The van der Waals surface area contributed by atoms with Gasteiger partial charge in [-0.1, -0.05) is 0 Å². The van der Waals surface area contributed by atoms with Crippen molar-refractivity contribution in [3.8, 4) is 11.5 Å². The zero-order chi connectivity index (χ0) is 12.1. The van der Waals surface area contributed by atoms with Crippen LogP contribution in [0, 0.1) is 0 Å². The minimum atomic E-state index is -0.237. The van der Waals surface area contributed by atoms with E-state index in [2.05, 4.69) is 5.32 Å². The molecule has 0 saturated heterocycles. The highest BCUT2D eigenvalue weighted by atomic mass is 16.5. The molecule has 1 amide bonds. The van der Waals surface area contributed by atoms with Crippen molar-refractivity contribution in [1.29, 1.82) is 0 Å². The highest BCUT2D eigenvalue weighted by Crippen LogP contribution is 2.27. The Bertz CT molecular complexity index is 377. The Morgan fingerprint density at radius 3 is 2.88 bits per heavy atom. The Labute approximate surface area is 94.2 Å². The van der Waals surface area contributed by atoms with E-state index in [9.17, 15) is 9.90 Å². The van der Waals surface area contributed by atoms with Crippen molar-refractivity contribution in [1.82, 2.24) is 0 Å². The Kier molecular flexibility index (Phi) is 4.13. The minimum Gasteiger partial charge on any atom is -0.506 e. The third-order valence-electron chi connectivity index (χ3n) is 1.99. The first-order chi connectivity index (χ1) is 7.52. The number of nitrogens with one attached hydrogen (secondary N) is 1.